The monoisotopic (exact) mass is 550 g/mol. The van der Waals surface area contributed by atoms with Crippen LogP contribution in [-0.4, -0.2) is 64.4 Å². The molecule has 0 atom stereocenters. The van der Waals surface area contributed by atoms with Crippen LogP contribution in [0.1, 0.15) is 31.8 Å². The van der Waals surface area contributed by atoms with E-state index in [4.69, 9.17) is 28.4 Å². The van der Waals surface area contributed by atoms with Crippen molar-refractivity contribution < 1.29 is 48.2 Å². The van der Waals surface area contributed by atoms with Gasteiger partial charge < -0.3 is 38.6 Å². The van der Waals surface area contributed by atoms with Crippen LogP contribution >= 0.6 is 0 Å². The van der Waals surface area contributed by atoms with Gasteiger partial charge in [0.05, 0.1) is 53.8 Å². The van der Waals surface area contributed by atoms with E-state index in [1.54, 1.807) is 24.3 Å². The standard InChI is InChI=1S/C30H30O10/c1-35-25-13-9-17(27(37-3)29(25)39-5)7-11-21(31)19-15-20(24(34)16-23(19)33)22(32)12-8-18-10-14-26(36-2)30(40-6)28(18)38-4/h7-16,33-34H,1-6H3/b11-7+,12-8+. The molecular formula is C30H30O10. The van der Waals surface area contributed by atoms with E-state index in [1.807, 2.05) is 0 Å². The van der Waals surface area contributed by atoms with Crippen molar-refractivity contribution in [1.82, 2.24) is 0 Å². The molecule has 0 heterocycles. The fourth-order valence-electron chi connectivity index (χ4n) is 3.99. The summed E-state index contributed by atoms with van der Waals surface area (Å²) in [6.07, 6.45) is 5.35. The van der Waals surface area contributed by atoms with Gasteiger partial charge in [0.15, 0.2) is 34.6 Å². The van der Waals surface area contributed by atoms with Crippen molar-refractivity contribution >= 4 is 23.7 Å². The lowest BCUT2D eigenvalue weighted by atomic mass is 10.0. The molecule has 3 aromatic rings. The fraction of sp³-hybridized carbons (Fsp3) is 0.200. The third kappa shape index (κ3) is 5.96. The number of ether oxygens (including phenoxy) is 6. The zero-order valence-corrected chi connectivity index (χ0v) is 22.9. The minimum atomic E-state index is -0.617. The van der Waals surface area contributed by atoms with Crippen LogP contribution in [0, 0.1) is 0 Å². The zero-order valence-electron chi connectivity index (χ0n) is 22.9. The lowest BCUT2D eigenvalue weighted by Crippen LogP contribution is -2.02. The van der Waals surface area contributed by atoms with Crippen LogP contribution in [0.3, 0.4) is 0 Å². The van der Waals surface area contributed by atoms with E-state index in [2.05, 4.69) is 0 Å². The van der Waals surface area contributed by atoms with E-state index < -0.39 is 23.1 Å². The molecule has 0 saturated carbocycles. The van der Waals surface area contributed by atoms with Crippen molar-refractivity contribution in [2.24, 2.45) is 0 Å². The topological polar surface area (TPSA) is 130 Å². The third-order valence-electron chi connectivity index (χ3n) is 5.94. The van der Waals surface area contributed by atoms with Gasteiger partial charge in [0.1, 0.15) is 11.5 Å². The van der Waals surface area contributed by atoms with Crippen LogP contribution in [0.5, 0.6) is 46.0 Å². The first kappa shape index (κ1) is 29.4. The van der Waals surface area contributed by atoms with Gasteiger partial charge in [-0.1, -0.05) is 0 Å². The van der Waals surface area contributed by atoms with Crippen LogP contribution in [-0.2, 0) is 0 Å². The van der Waals surface area contributed by atoms with Crippen molar-refractivity contribution in [3.63, 3.8) is 0 Å². The SMILES string of the molecule is COc1ccc(/C=C/C(=O)c2cc(C(=O)/C=C/c3ccc(OC)c(OC)c3OC)c(O)cc2O)c(OC)c1OC. The second-order valence-electron chi connectivity index (χ2n) is 8.13. The van der Waals surface area contributed by atoms with Gasteiger partial charge in [0.2, 0.25) is 11.5 Å². The maximum absolute atomic E-state index is 13.0. The molecule has 0 aliphatic rings. The summed E-state index contributed by atoms with van der Waals surface area (Å²) in [5, 5.41) is 20.7. The number of carbonyl (C=O) groups excluding carboxylic acids is 2. The summed E-state index contributed by atoms with van der Waals surface area (Å²) in [5.41, 5.74) is 0.646. The summed E-state index contributed by atoms with van der Waals surface area (Å²) in [6.45, 7) is 0. The van der Waals surface area contributed by atoms with Gasteiger partial charge in [-0.15, -0.1) is 0 Å². The number of ketones is 2. The maximum Gasteiger partial charge on any atom is 0.203 e. The summed E-state index contributed by atoms with van der Waals surface area (Å²) in [5.74, 6) is 0.0438. The molecule has 40 heavy (non-hydrogen) atoms. The van der Waals surface area contributed by atoms with Gasteiger partial charge in [0, 0.05) is 17.2 Å². The van der Waals surface area contributed by atoms with Crippen LogP contribution in [0.15, 0.2) is 48.6 Å². The molecule has 3 aromatic carbocycles. The number of rotatable bonds is 12. The Labute approximate surface area is 231 Å². The molecular weight excluding hydrogens is 520 g/mol. The minimum absolute atomic E-state index is 0.186. The minimum Gasteiger partial charge on any atom is -0.507 e. The highest BCUT2D eigenvalue weighted by Crippen LogP contribution is 2.41. The van der Waals surface area contributed by atoms with Crippen LogP contribution < -0.4 is 28.4 Å². The molecule has 210 valence electrons. The molecule has 0 aliphatic heterocycles. The Bertz CT molecular complexity index is 1360. The second kappa shape index (κ2) is 13.1. The zero-order chi connectivity index (χ0) is 29.4. The molecule has 0 aliphatic carbocycles. The van der Waals surface area contributed by atoms with E-state index >= 15 is 0 Å². The smallest absolute Gasteiger partial charge is 0.203 e. The molecule has 0 radical (unpaired) electrons. The van der Waals surface area contributed by atoms with Crippen molar-refractivity contribution in [2.75, 3.05) is 42.7 Å². The largest absolute Gasteiger partial charge is 0.507 e. The fourth-order valence-corrected chi connectivity index (χ4v) is 3.99. The van der Waals surface area contributed by atoms with Crippen molar-refractivity contribution in [1.29, 1.82) is 0 Å². The van der Waals surface area contributed by atoms with E-state index in [1.165, 1.54) is 67.0 Å². The van der Waals surface area contributed by atoms with Crippen LogP contribution in [0.25, 0.3) is 12.2 Å². The lowest BCUT2D eigenvalue weighted by Gasteiger charge is -2.14. The molecule has 0 amide bonds. The average molecular weight is 551 g/mol. The van der Waals surface area contributed by atoms with Gasteiger partial charge >= 0.3 is 0 Å². The van der Waals surface area contributed by atoms with E-state index in [9.17, 15) is 19.8 Å². The number of phenols is 2. The van der Waals surface area contributed by atoms with E-state index in [0.717, 1.165) is 12.1 Å². The van der Waals surface area contributed by atoms with Gasteiger partial charge in [-0.25, -0.2) is 0 Å². The molecule has 0 bridgehead atoms. The van der Waals surface area contributed by atoms with Gasteiger partial charge in [-0.05, 0) is 54.6 Å². The number of phenolic OH excluding ortho intramolecular Hbond substituents is 2. The Morgan fingerprint density at radius 1 is 0.550 bits per heavy atom. The molecule has 0 saturated heterocycles. The summed E-state index contributed by atoms with van der Waals surface area (Å²) < 4.78 is 32.1. The molecule has 10 heteroatoms. The first-order valence-electron chi connectivity index (χ1n) is 11.8. The van der Waals surface area contributed by atoms with Crippen molar-refractivity contribution in [3.8, 4) is 46.0 Å². The normalized spacial score (nSPS) is 10.9. The molecule has 0 spiro atoms. The second-order valence-corrected chi connectivity index (χ2v) is 8.13. The van der Waals surface area contributed by atoms with Crippen LogP contribution in [0.2, 0.25) is 0 Å². The quantitative estimate of drug-likeness (QED) is 0.236. The summed E-state index contributed by atoms with van der Waals surface area (Å²) in [7, 11) is 8.80. The summed E-state index contributed by atoms with van der Waals surface area (Å²) in [6, 6.07) is 8.71. The first-order valence-corrected chi connectivity index (χ1v) is 11.8. The number of aromatic hydroxyl groups is 2. The predicted molar refractivity (Wildman–Crippen MR) is 149 cm³/mol. The highest BCUT2D eigenvalue weighted by Gasteiger charge is 2.19. The number of hydrogen-bond donors (Lipinski definition) is 2. The molecule has 0 unspecified atom stereocenters. The molecule has 0 fully saturated rings. The Morgan fingerprint density at radius 3 is 1.25 bits per heavy atom. The summed E-state index contributed by atoms with van der Waals surface area (Å²) in [4.78, 5) is 26.0. The predicted octanol–water partition coefficient (Wildman–Crippen LogP) is 4.94. The number of allylic oxidation sites excluding steroid dienone is 2. The van der Waals surface area contributed by atoms with E-state index in [-0.39, 0.29) is 11.1 Å². The molecule has 2 N–H and O–H groups in total. The number of methoxy groups -OCH3 is 6. The molecule has 0 aromatic heterocycles. The maximum atomic E-state index is 13.0. The Balaban J connectivity index is 1.94. The van der Waals surface area contributed by atoms with Gasteiger partial charge in [0.25, 0.3) is 0 Å². The van der Waals surface area contributed by atoms with Crippen molar-refractivity contribution in [3.05, 3.63) is 70.8 Å². The molecule has 10 nitrogen and oxygen atoms in total. The van der Waals surface area contributed by atoms with Gasteiger partial charge in [-0.3, -0.25) is 9.59 Å². The Morgan fingerprint density at radius 2 is 0.925 bits per heavy atom. The number of hydrogen-bond acceptors (Lipinski definition) is 10. The Hall–Kier alpha value is -5.12. The van der Waals surface area contributed by atoms with E-state index in [0.29, 0.717) is 45.6 Å². The highest BCUT2D eigenvalue weighted by atomic mass is 16.5. The highest BCUT2D eigenvalue weighted by molar-refractivity contribution is 6.13. The lowest BCUT2D eigenvalue weighted by molar-refractivity contribution is 0.104. The molecule has 3 rings (SSSR count). The summed E-state index contributed by atoms with van der Waals surface area (Å²) >= 11 is 0. The average Bonchev–Trinajstić information content (AvgIpc) is 2.97. The Kier molecular flexibility index (Phi) is 9.64. The van der Waals surface area contributed by atoms with Crippen molar-refractivity contribution in [2.45, 2.75) is 0 Å². The van der Waals surface area contributed by atoms with Crippen LogP contribution in [0.4, 0.5) is 0 Å². The third-order valence-corrected chi connectivity index (χ3v) is 5.94. The first-order chi connectivity index (χ1) is 19.2. The number of benzene rings is 3. The van der Waals surface area contributed by atoms with Gasteiger partial charge in [-0.2, -0.15) is 0 Å². The number of carbonyl (C=O) groups is 2.